The van der Waals surface area contributed by atoms with E-state index in [9.17, 15) is 9.59 Å². The Morgan fingerprint density at radius 2 is 1.74 bits per heavy atom. The molecule has 0 spiro atoms. The standard InChI is InChI=1S/C18H19N7O2/c26-15(12-25-7-6-19-17(25)14-4-2-1-3-5-14)23-8-10-24(11-9-23)18(27)16-20-13-21-22-16/h1-7,13H,8-12H2,(H,20,21,22). The normalized spacial score (nSPS) is 14.4. The van der Waals surface area contributed by atoms with Gasteiger partial charge in [-0.05, 0) is 0 Å². The molecule has 0 saturated carbocycles. The topological polar surface area (TPSA) is 100 Å². The van der Waals surface area contributed by atoms with Crippen molar-refractivity contribution in [2.24, 2.45) is 0 Å². The van der Waals surface area contributed by atoms with E-state index in [-0.39, 0.29) is 24.2 Å². The third-order valence-corrected chi connectivity index (χ3v) is 4.59. The molecule has 3 aromatic rings. The molecule has 1 aliphatic heterocycles. The van der Waals surface area contributed by atoms with Gasteiger partial charge in [0.05, 0.1) is 0 Å². The van der Waals surface area contributed by atoms with E-state index in [1.807, 2.05) is 41.1 Å². The fourth-order valence-electron chi connectivity index (χ4n) is 3.15. The van der Waals surface area contributed by atoms with Crippen LogP contribution in [0.5, 0.6) is 0 Å². The summed E-state index contributed by atoms with van der Waals surface area (Å²) in [6, 6.07) is 9.78. The largest absolute Gasteiger partial charge is 0.338 e. The molecule has 1 fully saturated rings. The maximum Gasteiger partial charge on any atom is 0.291 e. The first-order valence-corrected chi connectivity index (χ1v) is 8.71. The molecule has 1 aromatic carbocycles. The van der Waals surface area contributed by atoms with E-state index >= 15 is 0 Å². The quantitative estimate of drug-likeness (QED) is 0.732. The van der Waals surface area contributed by atoms with Crippen LogP contribution in [-0.2, 0) is 11.3 Å². The van der Waals surface area contributed by atoms with Gasteiger partial charge in [0, 0.05) is 44.1 Å². The predicted octanol–water partition coefficient (Wildman–Crippen LogP) is 0.653. The van der Waals surface area contributed by atoms with Crippen LogP contribution in [0.1, 0.15) is 10.6 Å². The van der Waals surface area contributed by atoms with Gasteiger partial charge in [0.15, 0.2) is 0 Å². The molecule has 1 N–H and O–H groups in total. The molecular weight excluding hydrogens is 346 g/mol. The van der Waals surface area contributed by atoms with Crippen LogP contribution in [0.25, 0.3) is 11.4 Å². The Bertz CT molecular complexity index is 912. The van der Waals surface area contributed by atoms with E-state index in [1.54, 1.807) is 16.0 Å². The lowest BCUT2D eigenvalue weighted by atomic mass is 10.2. The van der Waals surface area contributed by atoms with Crippen molar-refractivity contribution in [1.29, 1.82) is 0 Å². The molecule has 1 aliphatic rings. The van der Waals surface area contributed by atoms with Crippen LogP contribution >= 0.6 is 0 Å². The van der Waals surface area contributed by atoms with Crippen molar-refractivity contribution in [1.82, 2.24) is 34.5 Å². The molecule has 0 radical (unpaired) electrons. The molecular formula is C18H19N7O2. The van der Waals surface area contributed by atoms with E-state index in [1.165, 1.54) is 6.33 Å². The number of carbonyl (C=O) groups excluding carboxylic acids is 2. The van der Waals surface area contributed by atoms with Crippen molar-refractivity contribution >= 4 is 11.8 Å². The second kappa shape index (κ2) is 7.40. The molecule has 0 bridgehead atoms. The molecule has 138 valence electrons. The first-order valence-electron chi connectivity index (χ1n) is 8.71. The second-order valence-corrected chi connectivity index (χ2v) is 6.25. The summed E-state index contributed by atoms with van der Waals surface area (Å²) < 4.78 is 1.85. The molecule has 1 saturated heterocycles. The van der Waals surface area contributed by atoms with Gasteiger partial charge < -0.3 is 14.4 Å². The summed E-state index contributed by atoms with van der Waals surface area (Å²) in [5.41, 5.74) is 0.970. The Hall–Kier alpha value is -3.49. The monoisotopic (exact) mass is 365 g/mol. The lowest BCUT2D eigenvalue weighted by molar-refractivity contribution is -0.133. The summed E-state index contributed by atoms with van der Waals surface area (Å²) in [4.78, 5) is 36.7. The summed E-state index contributed by atoms with van der Waals surface area (Å²) in [6.07, 6.45) is 4.82. The van der Waals surface area contributed by atoms with Crippen LogP contribution in [0.2, 0.25) is 0 Å². The molecule has 0 atom stereocenters. The van der Waals surface area contributed by atoms with Gasteiger partial charge in [0.1, 0.15) is 18.7 Å². The number of rotatable bonds is 4. The fourth-order valence-corrected chi connectivity index (χ4v) is 3.15. The SMILES string of the molecule is O=C(Cn1ccnc1-c1ccccc1)N1CCN(C(=O)c2ncn[nH]2)CC1. The zero-order chi connectivity index (χ0) is 18.6. The average Bonchev–Trinajstić information content (AvgIpc) is 3.40. The van der Waals surface area contributed by atoms with E-state index in [4.69, 9.17) is 0 Å². The highest BCUT2D eigenvalue weighted by Crippen LogP contribution is 2.17. The lowest BCUT2D eigenvalue weighted by Gasteiger charge is -2.34. The van der Waals surface area contributed by atoms with Crippen molar-refractivity contribution < 1.29 is 9.59 Å². The summed E-state index contributed by atoms with van der Waals surface area (Å²) in [7, 11) is 0. The number of aromatic nitrogens is 5. The number of aromatic amines is 1. The molecule has 0 unspecified atom stereocenters. The highest BCUT2D eigenvalue weighted by Gasteiger charge is 2.26. The highest BCUT2D eigenvalue weighted by molar-refractivity contribution is 5.90. The van der Waals surface area contributed by atoms with E-state index in [0.717, 1.165) is 11.4 Å². The molecule has 2 amide bonds. The van der Waals surface area contributed by atoms with Crippen molar-refractivity contribution in [2.75, 3.05) is 26.2 Å². The zero-order valence-corrected chi connectivity index (χ0v) is 14.7. The number of amides is 2. The van der Waals surface area contributed by atoms with E-state index in [0.29, 0.717) is 26.2 Å². The van der Waals surface area contributed by atoms with Crippen molar-refractivity contribution in [3.05, 3.63) is 54.9 Å². The maximum absolute atomic E-state index is 12.7. The third-order valence-electron chi connectivity index (χ3n) is 4.59. The summed E-state index contributed by atoms with van der Waals surface area (Å²) in [5.74, 6) is 0.807. The first-order chi connectivity index (χ1) is 13.2. The minimum absolute atomic E-state index is 0.0111. The van der Waals surface area contributed by atoms with Gasteiger partial charge in [-0.3, -0.25) is 14.7 Å². The number of benzene rings is 1. The molecule has 0 aliphatic carbocycles. The van der Waals surface area contributed by atoms with Crippen molar-refractivity contribution in [3.63, 3.8) is 0 Å². The van der Waals surface area contributed by atoms with Gasteiger partial charge in [0.2, 0.25) is 11.7 Å². The predicted molar refractivity (Wildman–Crippen MR) is 96.5 cm³/mol. The molecule has 9 nitrogen and oxygen atoms in total. The number of hydrogen-bond acceptors (Lipinski definition) is 5. The number of carbonyl (C=O) groups is 2. The van der Waals surface area contributed by atoms with E-state index in [2.05, 4.69) is 20.2 Å². The third kappa shape index (κ3) is 3.57. The summed E-state index contributed by atoms with van der Waals surface area (Å²) >= 11 is 0. The number of H-pyrrole nitrogens is 1. The Morgan fingerprint density at radius 3 is 2.44 bits per heavy atom. The van der Waals surface area contributed by atoms with E-state index < -0.39 is 0 Å². The van der Waals surface area contributed by atoms with Gasteiger partial charge in [-0.2, -0.15) is 5.10 Å². The van der Waals surface area contributed by atoms with Crippen LogP contribution in [-0.4, -0.2) is 72.5 Å². The highest BCUT2D eigenvalue weighted by atomic mass is 16.2. The van der Waals surface area contributed by atoms with Crippen LogP contribution < -0.4 is 0 Å². The minimum atomic E-state index is -0.194. The van der Waals surface area contributed by atoms with Crippen molar-refractivity contribution in [2.45, 2.75) is 6.54 Å². The van der Waals surface area contributed by atoms with Gasteiger partial charge >= 0.3 is 0 Å². The molecule has 2 aromatic heterocycles. The Labute approximate surface area is 155 Å². The zero-order valence-electron chi connectivity index (χ0n) is 14.7. The maximum atomic E-state index is 12.7. The average molecular weight is 365 g/mol. The Balaban J connectivity index is 1.37. The van der Waals surface area contributed by atoms with Gasteiger partial charge in [-0.1, -0.05) is 30.3 Å². The minimum Gasteiger partial charge on any atom is -0.338 e. The number of hydrogen-bond donors (Lipinski definition) is 1. The van der Waals surface area contributed by atoms with Crippen LogP contribution in [0, 0.1) is 0 Å². The van der Waals surface area contributed by atoms with Crippen LogP contribution in [0.3, 0.4) is 0 Å². The lowest BCUT2D eigenvalue weighted by Crippen LogP contribution is -2.51. The number of nitrogens with one attached hydrogen (secondary N) is 1. The second-order valence-electron chi connectivity index (χ2n) is 6.25. The van der Waals surface area contributed by atoms with Crippen LogP contribution in [0.15, 0.2) is 49.1 Å². The Morgan fingerprint density at radius 1 is 1.00 bits per heavy atom. The number of nitrogens with zero attached hydrogens (tertiary/aromatic N) is 6. The molecule has 4 rings (SSSR count). The number of imidazole rings is 1. The first kappa shape index (κ1) is 17.0. The number of piperazine rings is 1. The fraction of sp³-hybridized carbons (Fsp3) is 0.278. The molecule has 27 heavy (non-hydrogen) atoms. The summed E-state index contributed by atoms with van der Waals surface area (Å²) in [5, 5.41) is 6.28. The van der Waals surface area contributed by atoms with Crippen LogP contribution in [0.4, 0.5) is 0 Å². The van der Waals surface area contributed by atoms with Gasteiger partial charge in [-0.15, -0.1) is 0 Å². The van der Waals surface area contributed by atoms with Gasteiger partial charge in [0.25, 0.3) is 5.91 Å². The van der Waals surface area contributed by atoms with Crippen molar-refractivity contribution in [3.8, 4) is 11.4 Å². The molecule has 3 heterocycles. The van der Waals surface area contributed by atoms with Gasteiger partial charge in [-0.25, -0.2) is 9.97 Å². The Kier molecular flexibility index (Phi) is 4.65. The smallest absolute Gasteiger partial charge is 0.291 e. The summed E-state index contributed by atoms with van der Waals surface area (Å²) in [6.45, 7) is 2.16. The molecule has 9 heteroatoms.